The normalized spacial score (nSPS) is 17.1. The summed E-state index contributed by atoms with van der Waals surface area (Å²) in [5.41, 5.74) is 0.741. The lowest BCUT2D eigenvalue weighted by Gasteiger charge is -2.13. The van der Waals surface area contributed by atoms with E-state index in [9.17, 15) is 9.59 Å². The third kappa shape index (κ3) is 3.81. The number of hydrogen-bond donors (Lipinski definition) is 0. The molecule has 0 aliphatic carbocycles. The summed E-state index contributed by atoms with van der Waals surface area (Å²) >= 11 is 4.37. The number of ether oxygens (including phenoxy) is 3. The van der Waals surface area contributed by atoms with Gasteiger partial charge in [-0.25, -0.2) is 0 Å². The zero-order chi connectivity index (χ0) is 18.8. The molecule has 27 heavy (non-hydrogen) atoms. The predicted octanol–water partition coefficient (Wildman–Crippen LogP) is 4.29. The van der Waals surface area contributed by atoms with Gasteiger partial charge in [0.1, 0.15) is 12.4 Å². The molecule has 2 aromatic carbocycles. The highest BCUT2D eigenvalue weighted by Crippen LogP contribution is 2.39. The third-order valence-electron chi connectivity index (χ3n) is 3.98. The van der Waals surface area contributed by atoms with Crippen molar-refractivity contribution in [3.05, 3.63) is 57.4 Å². The van der Waals surface area contributed by atoms with Gasteiger partial charge in [-0.1, -0.05) is 34.1 Å². The number of amides is 2. The lowest BCUT2D eigenvalue weighted by atomic mass is 10.2. The molecule has 0 radical (unpaired) electrons. The van der Waals surface area contributed by atoms with E-state index in [1.165, 1.54) is 4.90 Å². The molecule has 1 saturated heterocycles. The lowest BCUT2D eigenvalue weighted by molar-refractivity contribution is -0.123. The average Bonchev–Trinajstić information content (AvgIpc) is 3.22. The second-order valence-corrected chi connectivity index (χ2v) is 7.57. The van der Waals surface area contributed by atoms with Crippen molar-refractivity contribution in [1.82, 2.24) is 4.90 Å². The lowest BCUT2D eigenvalue weighted by Crippen LogP contribution is -2.32. The molecule has 0 bridgehead atoms. The summed E-state index contributed by atoms with van der Waals surface area (Å²) in [5.74, 6) is 1.63. The molecule has 1 fully saturated rings. The van der Waals surface area contributed by atoms with Crippen LogP contribution in [-0.4, -0.2) is 36.0 Å². The van der Waals surface area contributed by atoms with Gasteiger partial charge in [-0.15, -0.1) is 0 Å². The number of carbonyl (C=O) groups is 2. The fourth-order valence-corrected chi connectivity index (χ4v) is 3.94. The van der Waals surface area contributed by atoms with Gasteiger partial charge in [-0.05, 0) is 47.7 Å². The zero-order valence-electron chi connectivity index (χ0n) is 14.0. The number of hydrogen-bond acceptors (Lipinski definition) is 6. The Bertz CT molecular complexity index is 931. The first-order valence-corrected chi connectivity index (χ1v) is 9.75. The Morgan fingerprint density at radius 1 is 1.15 bits per heavy atom. The summed E-state index contributed by atoms with van der Waals surface area (Å²) in [7, 11) is 0. The third-order valence-corrected chi connectivity index (χ3v) is 5.57. The summed E-state index contributed by atoms with van der Waals surface area (Å²) in [6.07, 6.45) is 1.68. The highest BCUT2D eigenvalue weighted by atomic mass is 79.9. The quantitative estimate of drug-likeness (QED) is 0.636. The Hall–Kier alpha value is -2.45. The number of para-hydroxylation sites is 1. The van der Waals surface area contributed by atoms with Crippen molar-refractivity contribution in [2.75, 3.05) is 19.9 Å². The first-order valence-electron chi connectivity index (χ1n) is 8.14. The van der Waals surface area contributed by atoms with Crippen LogP contribution in [0.1, 0.15) is 5.56 Å². The monoisotopic (exact) mass is 447 g/mol. The number of thioether (sulfide) groups is 1. The number of halogens is 1. The number of rotatable bonds is 5. The molecule has 8 heteroatoms. The van der Waals surface area contributed by atoms with Gasteiger partial charge >= 0.3 is 0 Å². The SMILES string of the molecule is O=C1S/C(=C\c2cc3c(cc2Br)OCO3)C(=O)N1CCOc1ccccc1. The summed E-state index contributed by atoms with van der Waals surface area (Å²) in [4.78, 5) is 26.4. The Balaban J connectivity index is 1.45. The minimum Gasteiger partial charge on any atom is -0.492 e. The van der Waals surface area contributed by atoms with Gasteiger partial charge in [0, 0.05) is 4.47 Å². The van der Waals surface area contributed by atoms with Gasteiger partial charge in [-0.3, -0.25) is 14.5 Å². The minimum atomic E-state index is -0.328. The molecule has 0 N–H and O–H groups in total. The largest absolute Gasteiger partial charge is 0.492 e. The van der Waals surface area contributed by atoms with E-state index in [4.69, 9.17) is 14.2 Å². The Labute approximate surface area is 168 Å². The molecule has 2 aliphatic rings. The van der Waals surface area contributed by atoms with E-state index in [0.29, 0.717) is 22.2 Å². The topological polar surface area (TPSA) is 65.1 Å². The van der Waals surface area contributed by atoms with Crippen molar-refractivity contribution in [3.8, 4) is 17.2 Å². The van der Waals surface area contributed by atoms with E-state index < -0.39 is 0 Å². The summed E-state index contributed by atoms with van der Waals surface area (Å²) in [6.45, 7) is 0.603. The standard InChI is InChI=1S/C19H14BrNO5S/c20-14-10-16-15(25-11-26-16)8-12(14)9-17-18(22)21(19(23)27-17)6-7-24-13-4-2-1-3-5-13/h1-5,8-10H,6-7,11H2/b17-9-. The molecule has 2 aliphatic heterocycles. The highest BCUT2D eigenvalue weighted by Gasteiger charge is 2.35. The zero-order valence-corrected chi connectivity index (χ0v) is 16.4. The predicted molar refractivity (Wildman–Crippen MR) is 105 cm³/mol. The maximum absolute atomic E-state index is 12.6. The maximum Gasteiger partial charge on any atom is 0.293 e. The molecule has 2 amide bonds. The molecule has 4 rings (SSSR count). The fraction of sp³-hybridized carbons (Fsp3) is 0.158. The molecule has 0 unspecified atom stereocenters. The van der Waals surface area contributed by atoms with Gasteiger partial charge in [0.15, 0.2) is 11.5 Å². The first kappa shape index (κ1) is 17.9. The maximum atomic E-state index is 12.6. The van der Waals surface area contributed by atoms with Gasteiger partial charge in [-0.2, -0.15) is 0 Å². The van der Waals surface area contributed by atoms with Crippen molar-refractivity contribution in [1.29, 1.82) is 0 Å². The fourth-order valence-electron chi connectivity index (χ4n) is 2.65. The second-order valence-electron chi connectivity index (χ2n) is 5.72. The van der Waals surface area contributed by atoms with E-state index in [2.05, 4.69) is 15.9 Å². The van der Waals surface area contributed by atoms with Crippen molar-refractivity contribution in [2.24, 2.45) is 0 Å². The van der Waals surface area contributed by atoms with Crippen LogP contribution >= 0.6 is 27.7 Å². The molecule has 2 heterocycles. The van der Waals surface area contributed by atoms with E-state index in [1.54, 1.807) is 18.2 Å². The molecule has 0 aromatic heterocycles. The van der Waals surface area contributed by atoms with Crippen LogP contribution in [0, 0.1) is 0 Å². The number of benzene rings is 2. The number of nitrogens with zero attached hydrogens (tertiary/aromatic N) is 1. The van der Waals surface area contributed by atoms with Crippen LogP contribution < -0.4 is 14.2 Å². The van der Waals surface area contributed by atoms with Crippen molar-refractivity contribution >= 4 is 44.9 Å². The molecule has 6 nitrogen and oxygen atoms in total. The Morgan fingerprint density at radius 2 is 1.89 bits per heavy atom. The van der Waals surface area contributed by atoms with Crippen LogP contribution in [0.5, 0.6) is 17.2 Å². The van der Waals surface area contributed by atoms with Gasteiger partial charge in [0.2, 0.25) is 6.79 Å². The van der Waals surface area contributed by atoms with Crippen LogP contribution in [0.2, 0.25) is 0 Å². The summed E-state index contributed by atoms with van der Waals surface area (Å²) in [5, 5.41) is -0.306. The highest BCUT2D eigenvalue weighted by molar-refractivity contribution is 9.10. The Morgan fingerprint density at radius 3 is 2.67 bits per heavy atom. The van der Waals surface area contributed by atoms with Crippen LogP contribution in [0.4, 0.5) is 4.79 Å². The minimum absolute atomic E-state index is 0.170. The second kappa shape index (κ2) is 7.66. The molecular formula is C19H14BrNO5S. The van der Waals surface area contributed by atoms with Gasteiger partial charge in [0.25, 0.3) is 11.1 Å². The molecule has 138 valence electrons. The van der Waals surface area contributed by atoms with Crippen LogP contribution in [0.3, 0.4) is 0 Å². The first-order chi connectivity index (χ1) is 13.1. The van der Waals surface area contributed by atoms with E-state index in [0.717, 1.165) is 21.8 Å². The molecule has 0 atom stereocenters. The van der Waals surface area contributed by atoms with Crippen molar-refractivity contribution in [3.63, 3.8) is 0 Å². The molecule has 2 aromatic rings. The summed E-state index contributed by atoms with van der Waals surface area (Å²) < 4.78 is 17.0. The van der Waals surface area contributed by atoms with Crippen molar-refractivity contribution < 1.29 is 23.8 Å². The molecular weight excluding hydrogens is 434 g/mol. The van der Waals surface area contributed by atoms with Crippen LogP contribution in [0.25, 0.3) is 6.08 Å². The number of imide groups is 1. The number of fused-ring (bicyclic) bond motifs is 1. The smallest absolute Gasteiger partial charge is 0.293 e. The van der Waals surface area contributed by atoms with Crippen LogP contribution in [0.15, 0.2) is 51.8 Å². The van der Waals surface area contributed by atoms with E-state index >= 15 is 0 Å². The Kier molecular flexibility index (Phi) is 5.09. The van der Waals surface area contributed by atoms with E-state index in [1.807, 2.05) is 30.3 Å². The molecule has 0 spiro atoms. The van der Waals surface area contributed by atoms with Crippen LogP contribution in [-0.2, 0) is 4.79 Å². The van der Waals surface area contributed by atoms with Gasteiger partial charge < -0.3 is 14.2 Å². The number of carbonyl (C=O) groups excluding carboxylic acids is 2. The molecule has 0 saturated carbocycles. The van der Waals surface area contributed by atoms with Gasteiger partial charge in [0.05, 0.1) is 11.4 Å². The average molecular weight is 448 g/mol. The van der Waals surface area contributed by atoms with Crippen molar-refractivity contribution in [2.45, 2.75) is 0 Å². The summed E-state index contributed by atoms with van der Waals surface area (Å²) in [6, 6.07) is 12.8. The van der Waals surface area contributed by atoms with E-state index in [-0.39, 0.29) is 31.1 Å².